The topological polar surface area (TPSA) is 56.3 Å². The molecule has 0 bridgehead atoms. The van der Waals surface area contributed by atoms with Crippen molar-refractivity contribution in [2.45, 2.75) is 32.6 Å². The Morgan fingerprint density at radius 2 is 1.23 bits per heavy atom. The van der Waals surface area contributed by atoms with Gasteiger partial charge in [-0.2, -0.15) is 0 Å². The van der Waals surface area contributed by atoms with E-state index >= 15 is 0 Å². The summed E-state index contributed by atoms with van der Waals surface area (Å²) < 4.78 is 0. The fraction of sp³-hybridized carbons (Fsp3) is 0.200. The molecule has 0 saturated carbocycles. The first-order chi connectivity index (χ1) is 19.3. The van der Waals surface area contributed by atoms with Crippen molar-refractivity contribution in [1.29, 1.82) is 0 Å². The molecule has 194 valence electrons. The molecule has 0 aliphatic heterocycles. The summed E-state index contributed by atoms with van der Waals surface area (Å²) in [6.07, 6.45) is 8.53. The van der Waals surface area contributed by atoms with Crippen LogP contribution >= 0.6 is 0 Å². The van der Waals surface area contributed by atoms with E-state index < -0.39 is 0 Å². The molecular weight excluding hydrogens is 476 g/mol. The molecule has 0 aliphatic carbocycles. The molecule has 6 aromatic rings. The van der Waals surface area contributed by atoms with Crippen LogP contribution in [0.3, 0.4) is 0 Å². The number of hydrogen-bond donors (Lipinski definition) is 2. The highest BCUT2D eigenvalue weighted by Crippen LogP contribution is 2.34. The van der Waals surface area contributed by atoms with Gasteiger partial charge in [-0.05, 0) is 59.5 Å². The van der Waals surface area contributed by atoms with E-state index in [-0.39, 0.29) is 0 Å². The number of rotatable bonds is 10. The van der Waals surface area contributed by atoms with Gasteiger partial charge >= 0.3 is 0 Å². The summed E-state index contributed by atoms with van der Waals surface area (Å²) in [4.78, 5) is 16.3. The molecule has 2 aromatic heterocycles. The van der Waals surface area contributed by atoms with Crippen LogP contribution in [0.15, 0.2) is 101 Å². The highest BCUT2D eigenvalue weighted by Gasteiger charge is 2.09. The molecule has 0 radical (unpaired) electrons. The van der Waals surface area contributed by atoms with Crippen LogP contribution in [0.1, 0.15) is 42.8 Å². The summed E-state index contributed by atoms with van der Waals surface area (Å²) in [5.74, 6) is 0. The average Bonchev–Trinajstić information content (AvgIpc) is 3.58. The number of nitrogens with one attached hydrogen (secondary N) is 2. The molecule has 0 aliphatic rings. The number of unbranched alkanes of at least 4 members (excludes halogenated alkanes) is 3. The lowest BCUT2D eigenvalue weighted by molar-refractivity contribution is 0.655. The lowest BCUT2D eigenvalue weighted by Gasteiger charge is -2.09. The van der Waals surface area contributed by atoms with Crippen molar-refractivity contribution in [3.63, 3.8) is 0 Å². The van der Waals surface area contributed by atoms with Gasteiger partial charge < -0.3 is 9.97 Å². The number of aromatic amines is 2. The Kier molecular flexibility index (Phi) is 7.35. The fourth-order valence-electron chi connectivity index (χ4n) is 5.48. The van der Waals surface area contributed by atoms with Gasteiger partial charge in [0.2, 0.25) is 0 Å². The number of H-pyrrole nitrogens is 2. The van der Waals surface area contributed by atoms with Gasteiger partial charge in [0.15, 0.2) is 0 Å². The third kappa shape index (κ3) is 5.42. The minimum absolute atomic E-state index is 0.851. The minimum Gasteiger partial charge on any atom is -0.357 e. The monoisotopic (exact) mass is 510 g/mol. The van der Waals surface area contributed by atoms with Crippen molar-refractivity contribution < 1.29 is 0 Å². The van der Waals surface area contributed by atoms with Gasteiger partial charge in [-0.25, -0.2) is 0 Å². The SMILES string of the molecule is Cc1[nH]c(C=NCCCCCCN=Cc2ccc(-c3cc4ccccc4c4ccccc34)[nH]2)c2ccccc12. The summed E-state index contributed by atoms with van der Waals surface area (Å²) in [5.41, 5.74) is 5.71. The summed E-state index contributed by atoms with van der Waals surface area (Å²) in [5, 5.41) is 7.63. The first kappa shape index (κ1) is 24.9. The van der Waals surface area contributed by atoms with Crippen LogP contribution in [0.4, 0.5) is 0 Å². The van der Waals surface area contributed by atoms with Gasteiger partial charge in [0, 0.05) is 53.2 Å². The maximum Gasteiger partial charge on any atom is 0.0643 e. The molecule has 4 nitrogen and oxygen atoms in total. The predicted octanol–water partition coefficient (Wildman–Crippen LogP) is 8.88. The standard InChI is InChI=1S/C35H34N4/c1-25-28-13-6-9-17-32(28)35(38-25)24-37-21-11-3-2-10-20-36-23-27-18-19-34(39-27)33-22-26-12-4-5-14-29(26)30-15-7-8-16-31(30)33/h4-9,12-19,22-24,38-39H,2-3,10-11,20-21H2,1H3. The normalized spacial score (nSPS) is 12.1. The summed E-state index contributed by atoms with van der Waals surface area (Å²) >= 11 is 0. The van der Waals surface area contributed by atoms with E-state index in [0.717, 1.165) is 43.0 Å². The predicted molar refractivity (Wildman–Crippen MR) is 168 cm³/mol. The van der Waals surface area contributed by atoms with Gasteiger partial charge in [-0.3, -0.25) is 9.98 Å². The van der Waals surface area contributed by atoms with E-state index in [4.69, 9.17) is 0 Å². The van der Waals surface area contributed by atoms with Gasteiger partial charge in [-0.1, -0.05) is 85.6 Å². The molecule has 0 amide bonds. The van der Waals surface area contributed by atoms with Crippen molar-refractivity contribution in [2.75, 3.05) is 13.1 Å². The number of hydrogen-bond acceptors (Lipinski definition) is 2. The zero-order valence-corrected chi connectivity index (χ0v) is 22.5. The van der Waals surface area contributed by atoms with Crippen LogP contribution in [0.2, 0.25) is 0 Å². The smallest absolute Gasteiger partial charge is 0.0643 e. The number of nitrogens with zero attached hydrogens (tertiary/aromatic N) is 2. The summed E-state index contributed by atoms with van der Waals surface area (Å²) in [6.45, 7) is 3.83. The van der Waals surface area contributed by atoms with Crippen LogP contribution in [-0.4, -0.2) is 35.5 Å². The van der Waals surface area contributed by atoms with Crippen LogP contribution in [-0.2, 0) is 0 Å². The van der Waals surface area contributed by atoms with Gasteiger partial charge in [-0.15, -0.1) is 0 Å². The largest absolute Gasteiger partial charge is 0.357 e. The van der Waals surface area contributed by atoms with Crippen molar-refractivity contribution in [3.05, 3.63) is 108 Å². The Labute approximate surface area is 229 Å². The molecule has 2 N–H and O–H groups in total. The number of aliphatic imine (C=N–C) groups is 2. The Morgan fingerprint density at radius 3 is 2.03 bits per heavy atom. The van der Waals surface area contributed by atoms with Crippen LogP contribution in [0.5, 0.6) is 0 Å². The second-order valence-corrected chi connectivity index (χ2v) is 10.2. The van der Waals surface area contributed by atoms with Crippen molar-refractivity contribution in [3.8, 4) is 11.3 Å². The summed E-state index contributed by atoms with van der Waals surface area (Å²) in [6, 6.07) is 32.3. The maximum atomic E-state index is 4.68. The number of fused-ring (bicyclic) bond motifs is 4. The van der Waals surface area contributed by atoms with Gasteiger partial charge in [0.1, 0.15) is 0 Å². The molecule has 0 atom stereocenters. The molecule has 0 spiro atoms. The van der Waals surface area contributed by atoms with E-state index in [0.29, 0.717) is 0 Å². The van der Waals surface area contributed by atoms with Crippen molar-refractivity contribution in [2.24, 2.45) is 9.98 Å². The lowest BCUT2D eigenvalue weighted by atomic mass is 9.96. The van der Waals surface area contributed by atoms with Crippen molar-refractivity contribution in [1.82, 2.24) is 9.97 Å². The molecular formula is C35H34N4. The second kappa shape index (κ2) is 11.5. The third-order valence-electron chi connectivity index (χ3n) is 7.49. The minimum atomic E-state index is 0.851. The number of aryl methyl sites for hydroxylation is 1. The zero-order chi connectivity index (χ0) is 26.4. The molecule has 6 rings (SSSR count). The van der Waals surface area contributed by atoms with E-state index in [2.05, 4.69) is 118 Å². The lowest BCUT2D eigenvalue weighted by Crippen LogP contribution is -1.89. The molecule has 0 saturated heterocycles. The van der Waals surface area contributed by atoms with E-state index in [9.17, 15) is 0 Å². The van der Waals surface area contributed by atoms with E-state index in [1.165, 1.54) is 56.4 Å². The van der Waals surface area contributed by atoms with Crippen molar-refractivity contribution >= 4 is 44.7 Å². The zero-order valence-electron chi connectivity index (χ0n) is 22.5. The first-order valence-electron chi connectivity index (χ1n) is 13.9. The molecule has 0 fully saturated rings. The molecule has 2 heterocycles. The number of aromatic nitrogens is 2. The Hall–Kier alpha value is -4.44. The van der Waals surface area contributed by atoms with Crippen LogP contribution in [0.25, 0.3) is 43.6 Å². The average molecular weight is 511 g/mol. The highest BCUT2D eigenvalue weighted by atomic mass is 14.8. The first-order valence-corrected chi connectivity index (χ1v) is 13.9. The van der Waals surface area contributed by atoms with Gasteiger partial charge in [0.05, 0.1) is 11.4 Å². The molecule has 39 heavy (non-hydrogen) atoms. The van der Waals surface area contributed by atoms with E-state index in [1.807, 2.05) is 12.4 Å². The maximum absolute atomic E-state index is 4.68. The van der Waals surface area contributed by atoms with Gasteiger partial charge in [0.25, 0.3) is 0 Å². The highest BCUT2D eigenvalue weighted by molar-refractivity contribution is 6.13. The van der Waals surface area contributed by atoms with Crippen LogP contribution < -0.4 is 0 Å². The Balaban J connectivity index is 0.984. The second-order valence-electron chi connectivity index (χ2n) is 10.2. The molecule has 4 heteroatoms. The third-order valence-corrected chi connectivity index (χ3v) is 7.49. The Morgan fingerprint density at radius 1 is 0.590 bits per heavy atom. The molecule has 0 unspecified atom stereocenters. The van der Waals surface area contributed by atoms with E-state index in [1.54, 1.807) is 0 Å². The number of benzene rings is 4. The van der Waals surface area contributed by atoms with Crippen LogP contribution in [0, 0.1) is 6.92 Å². The molecule has 4 aromatic carbocycles. The fourth-order valence-corrected chi connectivity index (χ4v) is 5.48. The summed E-state index contributed by atoms with van der Waals surface area (Å²) in [7, 11) is 0. The quantitative estimate of drug-likeness (QED) is 0.105. The Bertz CT molecular complexity index is 1780.